The van der Waals surface area contributed by atoms with E-state index in [1.165, 1.54) is 6.33 Å². The van der Waals surface area contributed by atoms with E-state index in [9.17, 15) is 24.9 Å². The number of anilines is 1. The Bertz CT molecular complexity index is 1450. The van der Waals surface area contributed by atoms with Crippen LogP contribution in [0.5, 0.6) is 0 Å². The summed E-state index contributed by atoms with van der Waals surface area (Å²) in [4.78, 5) is 32.9. The summed E-state index contributed by atoms with van der Waals surface area (Å²) < 4.78 is 7.79. The molecule has 0 saturated carbocycles. The van der Waals surface area contributed by atoms with Gasteiger partial charge in [0.05, 0.1) is 11.9 Å². The molecule has 1 amide bonds. The van der Waals surface area contributed by atoms with Gasteiger partial charge in [-0.15, -0.1) is 0 Å². The predicted molar refractivity (Wildman–Crippen MR) is 146 cm³/mol. The number of ether oxygens (including phenoxy) is 1. The lowest BCUT2D eigenvalue weighted by molar-refractivity contribution is -0.138. The lowest BCUT2D eigenvalue weighted by atomic mass is 10.1. The number of nitrogen functional groups attached to an aromatic ring is 1. The highest BCUT2D eigenvalue weighted by Crippen LogP contribution is 2.35. The summed E-state index contributed by atoms with van der Waals surface area (Å²) in [7, 11) is 0. The third-order valence-corrected chi connectivity index (χ3v) is 6.90. The van der Waals surface area contributed by atoms with Crippen molar-refractivity contribution in [2.75, 3.05) is 25.4 Å². The first-order valence-electron chi connectivity index (χ1n) is 12.8. The van der Waals surface area contributed by atoms with E-state index < -0.39 is 42.5 Å². The van der Waals surface area contributed by atoms with Gasteiger partial charge >= 0.3 is 5.97 Å². The van der Waals surface area contributed by atoms with Crippen LogP contribution in [0.4, 0.5) is 5.82 Å². The summed E-state index contributed by atoms with van der Waals surface area (Å²) >= 11 is 0. The molecular formula is C27H33N7O6. The molecule has 3 aromatic rings. The van der Waals surface area contributed by atoms with Crippen LogP contribution in [0.3, 0.4) is 0 Å². The van der Waals surface area contributed by atoms with Gasteiger partial charge in [0.15, 0.2) is 6.23 Å². The van der Waals surface area contributed by atoms with E-state index in [0.29, 0.717) is 34.4 Å². The third-order valence-electron chi connectivity index (χ3n) is 6.90. The Hall–Kier alpha value is -4.06. The van der Waals surface area contributed by atoms with Crippen LogP contribution in [0, 0.1) is 11.8 Å². The van der Waals surface area contributed by atoms with Gasteiger partial charge in [-0.05, 0) is 36.6 Å². The summed E-state index contributed by atoms with van der Waals surface area (Å²) in [5.74, 6) is 4.59. The number of aliphatic carboxylic acids is 1. The molecule has 212 valence electrons. The first kappa shape index (κ1) is 28.9. The number of carbonyl (C=O) groups excluding carboxylic acids is 1. The topological polar surface area (TPSA) is 216 Å². The maximum absolute atomic E-state index is 11.5. The number of carbonyl (C=O) groups is 2. The minimum atomic E-state index is -1.27. The van der Waals surface area contributed by atoms with Gasteiger partial charge in [0.1, 0.15) is 42.1 Å². The second-order valence-corrected chi connectivity index (χ2v) is 9.63. The van der Waals surface area contributed by atoms with Gasteiger partial charge in [0.2, 0.25) is 5.91 Å². The Morgan fingerprint density at radius 2 is 2.02 bits per heavy atom. The summed E-state index contributed by atoms with van der Waals surface area (Å²) in [6.07, 6.45) is -0.405. The zero-order chi connectivity index (χ0) is 29.0. The Labute approximate surface area is 230 Å². The number of aliphatic hydroxyl groups is 2. The number of hydrogen-bond acceptors (Lipinski definition) is 10. The van der Waals surface area contributed by atoms with Crippen LogP contribution < -0.4 is 17.2 Å². The van der Waals surface area contributed by atoms with Gasteiger partial charge in [0.25, 0.3) is 0 Å². The van der Waals surface area contributed by atoms with Crippen LogP contribution in [-0.4, -0.2) is 90.6 Å². The molecule has 1 unspecified atom stereocenters. The van der Waals surface area contributed by atoms with Gasteiger partial charge in [-0.2, -0.15) is 0 Å². The molecule has 3 heterocycles. The Balaban J connectivity index is 1.54. The number of fused-ring (bicyclic) bond motifs is 1. The smallest absolute Gasteiger partial charge is 0.320 e. The maximum Gasteiger partial charge on any atom is 0.320 e. The van der Waals surface area contributed by atoms with Crippen LogP contribution in [0.1, 0.15) is 41.1 Å². The van der Waals surface area contributed by atoms with Gasteiger partial charge < -0.3 is 41.8 Å². The van der Waals surface area contributed by atoms with Crippen molar-refractivity contribution in [2.24, 2.45) is 11.5 Å². The van der Waals surface area contributed by atoms with Crippen LogP contribution in [0.15, 0.2) is 36.8 Å². The van der Waals surface area contributed by atoms with E-state index in [4.69, 9.17) is 21.9 Å². The van der Waals surface area contributed by atoms with Gasteiger partial charge in [-0.3, -0.25) is 14.5 Å². The van der Waals surface area contributed by atoms with Crippen LogP contribution in [0.25, 0.3) is 11.0 Å². The van der Waals surface area contributed by atoms with Crippen LogP contribution in [-0.2, 0) is 16.0 Å². The molecule has 1 aromatic carbocycles. The molecule has 13 nitrogen and oxygen atoms in total. The Morgan fingerprint density at radius 3 is 2.73 bits per heavy atom. The molecule has 9 N–H and O–H groups in total. The second kappa shape index (κ2) is 12.4. The van der Waals surface area contributed by atoms with Crippen LogP contribution >= 0.6 is 0 Å². The molecule has 0 aliphatic carbocycles. The number of nitrogens with zero attached hydrogens (tertiary/aromatic N) is 4. The summed E-state index contributed by atoms with van der Waals surface area (Å²) in [5.41, 5.74) is 19.4. The highest BCUT2D eigenvalue weighted by atomic mass is 16.6. The summed E-state index contributed by atoms with van der Waals surface area (Å²) in [5, 5.41) is 31.7. The van der Waals surface area contributed by atoms with E-state index in [-0.39, 0.29) is 26.1 Å². The number of benzene rings is 1. The Morgan fingerprint density at radius 1 is 1.25 bits per heavy atom. The molecule has 40 heavy (non-hydrogen) atoms. The number of aromatic nitrogens is 3. The minimum Gasteiger partial charge on any atom is -0.480 e. The van der Waals surface area contributed by atoms with Gasteiger partial charge in [0, 0.05) is 30.4 Å². The number of amides is 1. The molecule has 2 aromatic heterocycles. The van der Waals surface area contributed by atoms with E-state index in [0.717, 1.165) is 5.56 Å². The highest BCUT2D eigenvalue weighted by molar-refractivity contribution is 5.93. The summed E-state index contributed by atoms with van der Waals surface area (Å²) in [6.45, 7) is 2.51. The normalized spacial score (nSPS) is 21.3. The molecular weight excluding hydrogens is 518 g/mol. The number of aliphatic hydroxyl groups excluding tert-OH is 2. The number of carboxylic acid groups (broad SMARTS) is 1. The van der Waals surface area contributed by atoms with Gasteiger partial charge in [-0.1, -0.05) is 24.8 Å². The second-order valence-electron chi connectivity index (χ2n) is 9.63. The monoisotopic (exact) mass is 551 g/mol. The average molecular weight is 552 g/mol. The van der Waals surface area contributed by atoms with Crippen LogP contribution in [0.2, 0.25) is 0 Å². The Kier molecular flexibility index (Phi) is 8.98. The fraction of sp³-hybridized carbons (Fsp3) is 0.407. The molecule has 5 atom stereocenters. The molecule has 1 aliphatic rings. The van der Waals surface area contributed by atoms with Crippen molar-refractivity contribution in [1.82, 2.24) is 19.4 Å². The first-order chi connectivity index (χ1) is 19.1. The lowest BCUT2D eigenvalue weighted by Crippen LogP contribution is -2.42. The molecule has 1 aliphatic heterocycles. The molecule has 4 rings (SSSR count). The van der Waals surface area contributed by atoms with Crippen molar-refractivity contribution < 1.29 is 29.6 Å². The maximum atomic E-state index is 11.5. The summed E-state index contributed by atoms with van der Waals surface area (Å²) in [6, 6.07) is 5.49. The quantitative estimate of drug-likeness (QED) is 0.176. The van der Waals surface area contributed by atoms with E-state index >= 15 is 0 Å². The molecule has 0 radical (unpaired) electrons. The molecule has 1 saturated heterocycles. The molecule has 0 bridgehead atoms. The number of aryl methyl sites for hydroxylation is 1. The fourth-order valence-corrected chi connectivity index (χ4v) is 4.70. The number of hydrogen-bond donors (Lipinski definition) is 6. The molecule has 1 fully saturated rings. The SMILES string of the molecule is CCc1cn([C@@H]2O[C@H](CN(CC#Cc3cccc(C(N)=O)c3)CC[C@H](N)C(=O)O)C(O)[C@@H]2O)c2ncnc(N)c12. The van der Waals surface area contributed by atoms with E-state index in [2.05, 4.69) is 21.8 Å². The van der Waals surface area contributed by atoms with Crippen molar-refractivity contribution in [1.29, 1.82) is 0 Å². The lowest BCUT2D eigenvalue weighted by Gasteiger charge is -2.25. The first-order valence-corrected chi connectivity index (χ1v) is 12.8. The zero-order valence-electron chi connectivity index (χ0n) is 22.0. The van der Waals surface area contributed by atoms with Crippen molar-refractivity contribution in [3.63, 3.8) is 0 Å². The van der Waals surface area contributed by atoms with Crippen molar-refractivity contribution in [2.45, 2.75) is 50.3 Å². The zero-order valence-corrected chi connectivity index (χ0v) is 22.0. The van der Waals surface area contributed by atoms with Crippen molar-refractivity contribution in [3.8, 4) is 11.8 Å². The van der Waals surface area contributed by atoms with E-state index in [1.54, 1.807) is 39.9 Å². The largest absolute Gasteiger partial charge is 0.480 e. The molecule has 0 spiro atoms. The number of rotatable bonds is 10. The number of nitrogens with two attached hydrogens (primary N) is 3. The third kappa shape index (κ3) is 6.22. The standard InChI is InChI=1S/C27H33N7O6/c1-2-16-12-34(25-20(16)23(29)31-14-32-25)26-22(36)21(35)19(40-26)13-33(10-8-18(28)27(38)39)9-4-6-15-5-3-7-17(11-15)24(30)37/h3,5,7,11-12,14,18-19,21-22,26,35-36H,2,8-10,13,28H2,1H3,(H2,30,37)(H,38,39)(H2,29,31,32)/t18-,19+,21?,22-,26+/m0/s1. The minimum absolute atomic E-state index is 0.126. The predicted octanol–water partition coefficient (Wildman–Crippen LogP) is -0.550. The average Bonchev–Trinajstić information content (AvgIpc) is 3.44. The fourth-order valence-electron chi connectivity index (χ4n) is 4.70. The van der Waals surface area contributed by atoms with Gasteiger partial charge in [-0.25, -0.2) is 9.97 Å². The molecule has 13 heteroatoms. The van der Waals surface area contributed by atoms with Crippen molar-refractivity contribution >= 4 is 28.7 Å². The van der Waals surface area contributed by atoms with Crippen molar-refractivity contribution in [3.05, 3.63) is 53.5 Å². The van der Waals surface area contributed by atoms with E-state index in [1.807, 2.05) is 6.92 Å². The number of carboxylic acids is 1. The highest BCUT2D eigenvalue weighted by Gasteiger charge is 2.45. The number of primary amides is 1.